The number of nitrogens with zero attached hydrogens (tertiary/aromatic N) is 1. The molecule has 0 radical (unpaired) electrons. The fraction of sp³-hybridized carbons (Fsp3) is 0.846. The van der Waals surface area contributed by atoms with Gasteiger partial charge in [0.05, 0.1) is 19.1 Å². The summed E-state index contributed by atoms with van der Waals surface area (Å²) in [6.45, 7) is 8.29. The van der Waals surface area contributed by atoms with Gasteiger partial charge in [0.25, 0.3) is 0 Å². The third-order valence-electron chi connectivity index (χ3n) is 3.28. The maximum absolute atomic E-state index is 12.2. The third kappa shape index (κ3) is 3.29. The van der Waals surface area contributed by atoms with Crippen LogP contribution in [0.4, 0.5) is 0 Å². The van der Waals surface area contributed by atoms with Gasteiger partial charge in [-0.2, -0.15) is 0 Å². The van der Waals surface area contributed by atoms with E-state index in [9.17, 15) is 9.59 Å². The van der Waals surface area contributed by atoms with E-state index in [1.807, 2.05) is 27.7 Å². The van der Waals surface area contributed by atoms with E-state index < -0.39 is 6.04 Å². The highest BCUT2D eigenvalue weighted by Gasteiger charge is 2.42. The molecule has 0 spiro atoms. The molecule has 1 saturated heterocycles. The number of imide groups is 1. The average molecular weight is 256 g/mol. The largest absolute Gasteiger partial charge is 0.383 e. The van der Waals surface area contributed by atoms with Gasteiger partial charge in [-0.25, -0.2) is 0 Å². The van der Waals surface area contributed by atoms with Crippen molar-refractivity contribution in [2.45, 2.75) is 58.2 Å². The molecule has 1 rings (SSSR count). The molecule has 0 aromatic heterocycles. The highest BCUT2D eigenvalue weighted by molar-refractivity contribution is 6.05. The summed E-state index contributed by atoms with van der Waals surface area (Å²) in [5.74, 6) is -0.196. The first-order valence-electron chi connectivity index (χ1n) is 6.45. The molecule has 1 heterocycles. The zero-order valence-corrected chi connectivity index (χ0v) is 11.9. The molecule has 2 amide bonds. The lowest BCUT2D eigenvalue weighted by molar-refractivity contribution is -0.141. The number of methoxy groups -OCH3 is 1. The number of hydrogen-bond acceptors (Lipinski definition) is 4. The van der Waals surface area contributed by atoms with Gasteiger partial charge in [-0.15, -0.1) is 0 Å². The molecular weight excluding hydrogens is 232 g/mol. The first kappa shape index (κ1) is 15.1. The van der Waals surface area contributed by atoms with E-state index >= 15 is 0 Å². The summed E-state index contributed by atoms with van der Waals surface area (Å²) in [4.78, 5) is 25.5. The molecule has 1 fully saturated rings. The zero-order valence-electron chi connectivity index (χ0n) is 11.9. The summed E-state index contributed by atoms with van der Waals surface area (Å²) in [5.41, 5.74) is -0.319. The second-order valence-electron chi connectivity index (χ2n) is 5.58. The van der Waals surface area contributed by atoms with Gasteiger partial charge in [0.2, 0.25) is 11.8 Å². The van der Waals surface area contributed by atoms with Crippen LogP contribution in [0, 0.1) is 0 Å². The van der Waals surface area contributed by atoms with Crippen LogP contribution in [0.3, 0.4) is 0 Å². The average Bonchev–Trinajstić information content (AvgIpc) is 2.52. The van der Waals surface area contributed by atoms with Gasteiger partial charge < -0.3 is 4.74 Å². The molecule has 0 aliphatic carbocycles. The minimum Gasteiger partial charge on any atom is -0.383 e. The fourth-order valence-electron chi connectivity index (χ4n) is 2.28. The lowest BCUT2D eigenvalue weighted by Crippen LogP contribution is -2.52. The standard InChI is InChI=1S/C13H24N2O3/c1-6-9(2)15-11(16)7-10(12(15)17)14-13(3,4)8-18-5/h9-10,14H,6-8H2,1-5H3. The summed E-state index contributed by atoms with van der Waals surface area (Å²) in [5, 5.41) is 3.21. The van der Waals surface area contributed by atoms with Crippen LogP contribution in [0.25, 0.3) is 0 Å². The molecule has 5 nitrogen and oxygen atoms in total. The van der Waals surface area contributed by atoms with Crippen molar-refractivity contribution in [2.75, 3.05) is 13.7 Å². The summed E-state index contributed by atoms with van der Waals surface area (Å²) in [6.07, 6.45) is 1.03. The highest BCUT2D eigenvalue weighted by atomic mass is 16.5. The van der Waals surface area contributed by atoms with Crippen LogP contribution in [0.2, 0.25) is 0 Å². The Kier molecular flexibility index (Phi) is 4.87. The van der Waals surface area contributed by atoms with Crippen molar-refractivity contribution in [1.82, 2.24) is 10.2 Å². The van der Waals surface area contributed by atoms with Crippen LogP contribution < -0.4 is 5.32 Å². The molecule has 0 bridgehead atoms. The minimum atomic E-state index is -0.420. The van der Waals surface area contributed by atoms with E-state index in [2.05, 4.69) is 5.32 Å². The number of ether oxygens (including phenoxy) is 1. The second-order valence-corrected chi connectivity index (χ2v) is 5.58. The van der Waals surface area contributed by atoms with Crippen molar-refractivity contribution >= 4 is 11.8 Å². The first-order valence-corrected chi connectivity index (χ1v) is 6.45. The van der Waals surface area contributed by atoms with Crippen molar-refractivity contribution < 1.29 is 14.3 Å². The van der Waals surface area contributed by atoms with Crippen LogP contribution in [-0.2, 0) is 14.3 Å². The number of hydrogen-bond donors (Lipinski definition) is 1. The van der Waals surface area contributed by atoms with Crippen LogP contribution in [0.1, 0.15) is 40.5 Å². The van der Waals surface area contributed by atoms with E-state index in [0.717, 1.165) is 6.42 Å². The van der Waals surface area contributed by atoms with Gasteiger partial charge in [0.1, 0.15) is 0 Å². The summed E-state index contributed by atoms with van der Waals surface area (Å²) in [7, 11) is 1.62. The van der Waals surface area contributed by atoms with E-state index in [1.54, 1.807) is 7.11 Å². The second kappa shape index (κ2) is 5.80. The predicted octanol–water partition coefficient (Wildman–Crippen LogP) is 0.927. The van der Waals surface area contributed by atoms with Gasteiger partial charge in [-0.3, -0.25) is 19.8 Å². The third-order valence-corrected chi connectivity index (χ3v) is 3.28. The molecular formula is C13H24N2O3. The molecule has 0 aromatic carbocycles. The number of rotatable bonds is 6. The van der Waals surface area contributed by atoms with Gasteiger partial charge in [0.15, 0.2) is 0 Å². The molecule has 0 saturated carbocycles. The van der Waals surface area contributed by atoms with Gasteiger partial charge in [0, 0.05) is 18.7 Å². The molecule has 5 heteroatoms. The molecule has 104 valence electrons. The Morgan fingerprint density at radius 1 is 1.50 bits per heavy atom. The van der Waals surface area contributed by atoms with Crippen LogP contribution in [0.5, 0.6) is 0 Å². The van der Waals surface area contributed by atoms with Crippen molar-refractivity contribution in [2.24, 2.45) is 0 Å². The molecule has 1 aliphatic rings. The smallest absolute Gasteiger partial charge is 0.247 e. The van der Waals surface area contributed by atoms with Crippen LogP contribution in [0.15, 0.2) is 0 Å². The Morgan fingerprint density at radius 3 is 2.61 bits per heavy atom. The molecule has 1 aliphatic heterocycles. The Balaban J connectivity index is 2.71. The predicted molar refractivity (Wildman–Crippen MR) is 69.1 cm³/mol. The van der Waals surface area contributed by atoms with E-state index in [0.29, 0.717) is 6.61 Å². The van der Waals surface area contributed by atoms with Crippen LogP contribution >= 0.6 is 0 Å². The number of amides is 2. The number of carbonyl (C=O) groups is 2. The maximum Gasteiger partial charge on any atom is 0.247 e. The lowest BCUT2D eigenvalue weighted by atomic mass is 10.0. The zero-order chi connectivity index (χ0) is 13.9. The quantitative estimate of drug-likeness (QED) is 0.718. The Hall–Kier alpha value is -0.940. The summed E-state index contributed by atoms with van der Waals surface area (Å²) >= 11 is 0. The molecule has 18 heavy (non-hydrogen) atoms. The number of nitrogens with one attached hydrogen (secondary N) is 1. The monoisotopic (exact) mass is 256 g/mol. The van der Waals surface area contributed by atoms with Crippen molar-refractivity contribution in [3.8, 4) is 0 Å². The van der Waals surface area contributed by atoms with E-state index in [-0.39, 0.29) is 29.8 Å². The maximum atomic E-state index is 12.2. The van der Waals surface area contributed by atoms with Gasteiger partial charge in [-0.05, 0) is 27.2 Å². The molecule has 0 aromatic rings. The Labute approximate surface area is 109 Å². The van der Waals surface area contributed by atoms with Crippen molar-refractivity contribution in [3.63, 3.8) is 0 Å². The molecule has 2 atom stereocenters. The minimum absolute atomic E-state index is 0.0256. The highest BCUT2D eigenvalue weighted by Crippen LogP contribution is 2.20. The Morgan fingerprint density at radius 2 is 2.11 bits per heavy atom. The van der Waals surface area contributed by atoms with Crippen molar-refractivity contribution in [3.05, 3.63) is 0 Å². The lowest BCUT2D eigenvalue weighted by Gasteiger charge is -2.29. The summed E-state index contributed by atoms with van der Waals surface area (Å²) < 4.78 is 5.10. The number of carbonyl (C=O) groups excluding carboxylic acids is 2. The summed E-state index contributed by atoms with van der Waals surface area (Å²) in [6, 6.07) is -0.445. The fourth-order valence-corrected chi connectivity index (χ4v) is 2.28. The number of likely N-dealkylation sites (tertiary alicyclic amines) is 1. The molecule has 2 unspecified atom stereocenters. The van der Waals surface area contributed by atoms with Gasteiger partial charge >= 0.3 is 0 Å². The molecule has 1 N–H and O–H groups in total. The normalized spacial score (nSPS) is 22.7. The van der Waals surface area contributed by atoms with E-state index in [4.69, 9.17) is 4.74 Å². The van der Waals surface area contributed by atoms with Crippen LogP contribution in [-0.4, -0.2) is 48.1 Å². The van der Waals surface area contributed by atoms with Gasteiger partial charge in [-0.1, -0.05) is 6.92 Å². The Bertz CT molecular complexity index is 328. The first-order chi connectivity index (χ1) is 8.32. The van der Waals surface area contributed by atoms with Crippen molar-refractivity contribution in [1.29, 1.82) is 0 Å². The SMILES string of the molecule is CCC(C)N1C(=O)CC(NC(C)(C)COC)C1=O. The van der Waals surface area contributed by atoms with E-state index in [1.165, 1.54) is 4.90 Å². The topological polar surface area (TPSA) is 58.6 Å².